The largest absolute Gasteiger partial charge is 0.381 e. The Morgan fingerprint density at radius 1 is 1.44 bits per heavy atom. The SMILES string of the molecule is CC(C)COCCC1(CN)CC2CCC1O2. The number of hydrogen-bond donors (Lipinski definition) is 1. The molecule has 0 aromatic rings. The molecule has 0 amide bonds. The van der Waals surface area contributed by atoms with Crippen molar-refractivity contribution in [1.29, 1.82) is 0 Å². The van der Waals surface area contributed by atoms with Gasteiger partial charge in [0.1, 0.15) is 0 Å². The van der Waals surface area contributed by atoms with Gasteiger partial charge in [-0.05, 0) is 31.6 Å². The fraction of sp³-hybridized carbons (Fsp3) is 1.00. The molecule has 3 heteroatoms. The van der Waals surface area contributed by atoms with Crippen LogP contribution in [0.4, 0.5) is 0 Å². The molecule has 2 N–H and O–H groups in total. The summed E-state index contributed by atoms with van der Waals surface area (Å²) >= 11 is 0. The summed E-state index contributed by atoms with van der Waals surface area (Å²) in [5.41, 5.74) is 6.18. The Labute approximate surface area is 98.7 Å². The van der Waals surface area contributed by atoms with Crippen molar-refractivity contribution in [2.45, 2.75) is 51.7 Å². The highest BCUT2D eigenvalue weighted by molar-refractivity contribution is 5.01. The zero-order chi connectivity index (χ0) is 11.6. The van der Waals surface area contributed by atoms with E-state index in [9.17, 15) is 0 Å². The van der Waals surface area contributed by atoms with Crippen LogP contribution < -0.4 is 5.73 Å². The first kappa shape index (κ1) is 12.3. The third-order valence-corrected chi connectivity index (χ3v) is 4.03. The van der Waals surface area contributed by atoms with Crippen LogP contribution in [0.25, 0.3) is 0 Å². The highest BCUT2D eigenvalue weighted by Crippen LogP contribution is 2.49. The highest BCUT2D eigenvalue weighted by atomic mass is 16.5. The van der Waals surface area contributed by atoms with E-state index < -0.39 is 0 Å². The fourth-order valence-corrected chi connectivity index (χ4v) is 3.07. The second-order valence-corrected chi connectivity index (χ2v) is 5.81. The van der Waals surface area contributed by atoms with Gasteiger partial charge < -0.3 is 15.2 Å². The predicted octanol–water partition coefficient (Wildman–Crippen LogP) is 1.95. The summed E-state index contributed by atoms with van der Waals surface area (Å²) in [4.78, 5) is 0. The molecule has 16 heavy (non-hydrogen) atoms. The van der Waals surface area contributed by atoms with Crippen molar-refractivity contribution in [3.63, 3.8) is 0 Å². The first-order chi connectivity index (χ1) is 7.66. The van der Waals surface area contributed by atoms with E-state index in [1.807, 2.05) is 0 Å². The molecule has 3 atom stereocenters. The first-order valence-corrected chi connectivity index (χ1v) is 6.59. The molecule has 0 aromatic carbocycles. The monoisotopic (exact) mass is 227 g/mol. The minimum Gasteiger partial charge on any atom is -0.381 e. The molecule has 0 aliphatic carbocycles. The summed E-state index contributed by atoms with van der Waals surface area (Å²) in [6.07, 6.45) is 5.55. The van der Waals surface area contributed by atoms with Crippen molar-refractivity contribution in [3.8, 4) is 0 Å². The minimum absolute atomic E-state index is 0.222. The van der Waals surface area contributed by atoms with Gasteiger partial charge in [0, 0.05) is 25.2 Å². The quantitative estimate of drug-likeness (QED) is 0.705. The van der Waals surface area contributed by atoms with Crippen LogP contribution in [0.15, 0.2) is 0 Å². The first-order valence-electron chi connectivity index (χ1n) is 6.59. The second kappa shape index (κ2) is 5.03. The van der Waals surface area contributed by atoms with Crippen molar-refractivity contribution in [2.24, 2.45) is 17.1 Å². The summed E-state index contributed by atoms with van der Waals surface area (Å²) in [5.74, 6) is 0.616. The molecule has 3 unspecified atom stereocenters. The molecule has 2 saturated heterocycles. The molecule has 3 nitrogen and oxygen atoms in total. The normalized spacial score (nSPS) is 37.5. The molecule has 94 valence electrons. The lowest BCUT2D eigenvalue weighted by Gasteiger charge is -2.34. The maximum atomic E-state index is 5.96. The minimum atomic E-state index is 0.222. The Morgan fingerprint density at radius 2 is 2.25 bits per heavy atom. The summed E-state index contributed by atoms with van der Waals surface area (Å²) < 4.78 is 11.6. The van der Waals surface area contributed by atoms with Gasteiger partial charge in [-0.3, -0.25) is 0 Å². The van der Waals surface area contributed by atoms with E-state index >= 15 is 0 Å². The highest BCUT2D eigenvalue weighted by Gasteiger charge is 2.50. The standard InChI is InChI=1S/C13H25NO2/c1-10(2)8-15-6-5-13(9-14)7-11-3-4-12(13)16-11/h10-12H,3-9,14H2,1-2H3. The second-order valence-electron chi connectivity index (χ2n) is 5.81. The summed E-state index contributed by atoms with van der Waals surface area (Å²) in [6.45, 7) is 6.80. The molecule has 2 bridgehead atoms. The molecule has 0 spiro atoms. The topological polar surface area (TPSA) is 44.5 Å². The predicted molar refractivity (Wildman–Crippen MR) is 64.3 cm³/mol. The molecule has 2 rings (SSSR count). The van der Waals surface area contributed by atoms with E-state index in [0.29, 0.717) is 18.1 Å². The van der Waals surface area contributed by atoms with Crippen molar-refractivity contribution < 1.29 is 9.47 Å². The zero-order valence-electron chi connectivity index (χ0n) is 10.6. The van der Waals surface area contributed by atoms with Gasteiger partial charge >= 0.3 is 0 Å². The van der Waals surface area contributed by atoms with E-state index in [1.165, 1.54) is 12.8 Å². The Morgan fingerprint density at radius 3 is 2.75 bits per heavy atom. The van der Waals surface area contributed by atoms with Crippen molar-refractivity contribution >= 4 is 0 Å². The number of rotatable bonds is 6. The summed E-state index contributed by atoms with van der Waals surface area (Å²) in [7, 11) is 0. The Bertz CT molecular complexity index is 232. The van der Waals surface area contributed by atoms with E-state index in [1.54, 1.807) is 0 Å². The number of fused-ring (bicyclic) bond motifs is 2. The van der Waals surface area contributed by atoms with E-state index in [4.69, 9.17) is 15.2 Å². The smallest absolute Gasteiger partial charge is 0.0649 e. The average molecular weight is 227 g/mol. The molecule has 0 saturated carbocycles. The van der Waals surface area contributed by atoms with E-state index in [-0.39, 0.29) is 5.41 Å². The maximum absolute atomic E-state index is 5.96. The Hall–Kier alpha value is -0.120. The van der Waals surface area contributed by atoms with Gasteiger partial charge in [-0.25, -0.2) is 0 Å². The molecule has 2 aliphatic rings. The molecule has 2 aliphatic heterocycles. The van der Waals surface area contributed by atoms with Gasteiger partial charge in [0.15, 0.2) is 0 Å². The van der Waals surface area contributed by atoms with Crippen molar-refractivity contribution in [1.82, 2.24) is 0 Å². The lowest BCUT2D eigenvalue weighted by atomic mass is 9.72. The van der Waals surface area contributed by atoms with Crippen LogP contribution in [0.5, 0.6) is 0 Å². The average Bonchev–Trinajstić information content (AvgIpc) is 2.84. The van der Waals surface area contributed by atoms with Crippen LogP contribution >= 0.6 is 0 Å². The fourth-order valence-electron chi connectivity index (χ4n) is 3.07. The number of nitrogens with two attached hydrogens (primary N) is 1. The third-order valence-electron chi connectivity index (χ3n) is 4.03. The summed E-state index contributed by atoms with van der Waals surface area (Å²) in [6, 6.07) is 0. The molecular weight excluding hydrogens is 202 g/mol. The summed E-state index contributed by atoms with van der Waals surface area (Å²) in [5, 5.41) is 0. The van der Waals surface area contributed by atoms with Gasteiger partial charge in [-0.2, -0.15) is 0 Å². The van der Waals surface area contributed by atoms with Crippen LogP contribution in [0.1, 0.15) is 39.5 Å². The number of hydrogen-bond acceptors (Lipinski definition) is 3. The third kappa shape index (κ3) is 2.41. The van der Waals surface area contributed by atoms with Gasteiger partial charge in [0.05, 0.1) is 12.2 Å². The van der Waals surface area contributed by atoms with Gasteiger partial charge in [0.25, 0.3) is 0 Å². The van der Waals surface area contributed by atoms with Gasteiger partial charge in [0.2, 0.25) is 0 Å². The van der Waals surface area contributed by atoms with Crippen molar-refractivity contribution in [3.05, 3.63) is 0 Å². The Kier molecular flexibility index (Phi) is 3.88. The van der Waals surface area contributed by atoms with Crippen LogP contribution in [0.2, 0.25) is 0 Å². The maximum Gasteiger partial charge on any atom is 0.0649 e. The van der Waals surface area contributed by atoms with Crippen LogP contribution in [0, 0.1) is 11.3 Å². The zero-order valence-corrected chi connectivity index (χ0v) is 10.6. The van der Waals surface area contributed by atoms with Gasteiger partial charge in [-0.1, -0.05) is 13.8 Å². The van der Waals surface area contributed by atoms with E-state index in [2.05, 4.69) is 13.8 Å². The molecule has 0 radical (unpaired) electrons. The van der Waals surface area contributed by atoms with Crippen LogP contribution in [-0.2, 0) is 9.47 Å². The van der Waals surface area contributed by atoms with Gasteiger partial charge in [-0.15, -0.1) is 0 Å². The van der Waals surface area contributed by atoms with Crippen molar-refractivity contribution in [2.75, 3.05) is 19.8 Å². The molecule has 2 heterocycles. The number of ether oxygens (including phenoxy) is 2. The molecule has 0 aromatic heterocycles. The van der Waals surface area contributed by atoms with E-state index in [0.717, 1.165) is 32.6 Å². The lowest BCUT2D eigenvalue weighted by molar-refractivity contribution is 0.0315. The van der Waals surface area contributed by atoms with Crippen LogP contribution in [-0.4, -0.2) is 32.0 Å². The lowest BCUT2D eigenvalue weighted by Crippen LogP contribution is -2.40. The molecule has 2 fully saturated rings. The van der Waals surface area contributed by atoms with Crippen LogP contribution in [0.3, 0.4) is 0 Å². The molecular formula is C13H25NO2. The Balaban J connectivity index is 1.77.